The number of hydrogen-bond acceptors (Lipinski definition) is 3. The molecule has 1 aliphatic rings. The molecule has 1 heterocycles. The van der Waals surface area contributed by atoms with Gasteiger partial charge in [0, 0.05) is 18.0 Å². The Morgan fingerprint density at radius 3 is 2.71 bits per heavy atom. The Morgan fingerprint density at radius 2 is 2.00 bits per heavy atom. The van der Waals surface area contributed by atoms with Gasteiger partial charge in [-0.1, -0.05) is 6.07 Å². The van der Waals surface area contributed by atoms with E-state index in [-0.39, 0.29) is 0 Å². The molecular weight excluding hydrogens is 300 g/mol. The van der Waals surface area contributed by atoms with Crippen molar-refractivity contribution in [2.45, 2.75) is 33.2 Å². The van der Waals surface area contributed by atoms with Gasteiger partial charge in [0.2, 0.25) is 5.88 Å². The van der Waals surface area contributed by atoms with E-state index in [9.17, 15) is 0 Å². The summed E-state index contributed by atoms with van der Waals surface area (Å²) >= 11 is 0. The molecule has 1 saturated carbocycles. The van der Waals surface area contributed by atoms with E-state index in [1.807, 2.05) is 24.3 Å². The number of rotatable bonds is 6. The van der Waals surface area contributed by atoms with E-state index < -0.39 is 0 Å². The first-order valence-electron chi connectivity index (χ1n) is 8.31. The third-order valence-corrected chi connectivity index (χ3v) is 3.89. The standard InChI is InChI=1S/C19H24N4O/c1-13-7-14(2)9-17(8-13)23-19(20)22-11-16-5-6-21-18(10-16)24-12-15-3-4-15/h5-10,15H,3-4,11-12H2,1-2H3,(H3,20,22,23). The summed E-state index contributed by atoms with van der Waals surface area (Å²) in [5.41, 5.74) is 10.4. The van der Waals surface area contributed by atoms with Crippen molar-refractivity contribution in [3.05, 3.63) is 53.2 Å². The van der Waals surface area contributed by atoms with Gasteiger partial charge in [-0.15, -0.1) is 0 Å². The van der Waals surface area contributed by atoms with Gasteiger partial charge in [-0.2, -0.15) is 0 Å². The predicted octanol–water partition coefficient (Wildman–Crippen LogP) is 3.41. The highest BCUT2D eigenvalue weighted by Gasteiger charge is 2.22. The van der Waals surface area contributed by atoms with Crippen LogP contribution in [0.1, 0.15) is 29.5 Å². The smallest absolute Gasteiger partial charge is 0.213 e. The molecule has 3 N–H and O–H groups in total. The zero-order chi connectivity index (χ0) is 16.9. The van der Waals surface area contributed by atoms with Gasteiger partial charge in [0.05, 0.1) is 13.2 Å². The molecule has 5 heteroatoms. The Morgan fingerprint density at radius 1 is 1.25 bits per heavy atom. The molecule has 1 aliphatic carbocycles. The lowest BCUT2D eigenvalue weighted by Crippen LogP contribution is -2.22. The Labute approximate surface area is 143 Å². The number of hydrogen-bond donors (Lipinski definition) is 2. The molecule has 0 amide bonds. The van der Waals surface area contributed by atoms with Gasteiger partial charge < -0.3 is 15.8 Å². The van der Waals surface area contributed by atoms with E-state index in [4.69, 9.17) is 10.5 Å². The molecule has 1 aromatic heterocycles. The SMILES string of the molecule is Cc1cc(C)cc(NC(N)=NCc2ccnc(OCC3CC3)c2)c1. The van der Waals surface area contributed by atoms with E-state index in [2.05, 4.69) is 35.2 Å². The highest BCUT2D eigenvalue weighted by molar-refractivity contribution is 5.92. The lowest BCUT2D eigenvalue weighted by molar-refractivity contribution is 0.288. The van der Waals surface area contributed by atoms with Gasteiger partial charge in [-0.05, 0) is 67.5 Å². The monoisotopic (exact) mass is 324 g/mol. The number of nitrogens with two attached hydrogens (primary N) is 1. The van der Waals surface area contributed by atoms with E-state index >= 15 is 0 Å². The van der Waals surface area contributed by atoms with Crippen molar-refractivity contribution in [2.24, 2.45) is 16.6 Å². The van der Waals surface area contributed by atoms with Crippen molar-refractivity contribution in [3.8, 4) is 5.88 Å². The van der Waals surface area contributed by atoms with Crippen molar-refractivity contribution < 1.29 is 4.74 Å². The van der Waals surface area contributed by atoms with Crippen LogP contribution in [0.2, 0.25) is 0 Å². The molecule has 0 saturated heterocycles. The summed E-state index contributed by atoms with van der Waals surface area (Å²) in [6.07, 6.45) is 4.29. The van der Waals surface area contributed by atoms with Gasteiger partial charge in [-0.25, -0.2) is 9.98 Å². The number of ether oxygens (including phenoxy) is 1. The summed E-state index contributed by atoms with van der Waals surface area (Å²) in [6.45, 7) is 5.37. The number of guanidine groups is 1. The Kier molecular flexibility index (Phi) is 4.99. The minimum Gasteiger partial charge on any atom is -0.477 e. The molecule has 5 nitrogen and oxygen atoms in total. The zero-order valence-corrected chi connectivity index (χ0v) is 14.2. The van der Waals surface area contributed by atoms with Crippen molar-refractivity contribution >= 4 is 11.6 Å². The summed E-state index contributed by atoms with van der Waals surface area (Å²) in [4.78, 5) is 8.63. The maximum absolute atomic E-state index is 5.99. The lowest BCUT2D eigenvalue weighted by atomic mass is 10.1. The highest BCUT2D eigenvalue weighted by atomic mass is 16.5. The first-order chi connectivity index (χ1) is 11.6. The number of aryl methyl sites for hydroxylation is 2. The second-order valence-corrected chi connectivity index (χ2v) is 6.46. The second-order valence-electron chi connectivity index (χ2n) is 6.46. The lowest BCUT2D eigenvalue weighted by Gasteiger charge is -2.08. The van der Waals surface area contributed by atoms with Crippen molar-refractivity contribution in [2.75, 3.05) is 11.9 Å². The Hall–Kier alpha value is -2.56. The number of benzene rings is 1. The maximum atomic E-state index is 5.99. The van der Waals surface area contributed by atoms with Crippen LogP contribution in [-0.2, 0) is 6.54 Å². The quantitative estimate of drug-likeness (QED) is 0.631. The fraction of sp³-hybridized carbons (Fsp3) is 0.368. The van der Waals surface area contributed by atoms with Gasteiger partial charge >= 0.3 is 0 Å². The zero-order valence-electron chi connectivity index (χ0n) is 14.2. The molecule has 0 radical (unpaired) electrons. The summed E-state index contributed by atoms with van der Waals surface area (Å²) in [5, 5.41) is 3.14. The molecule has 2 aromatic rings. The Bertz CT molecular complexity index is 718. The molecule has 0 spiro atoms. The molecule has 126 valence electrons. The number of aliphatic imine (C=N–C) groups is 1. The Balaban J connectivity index is 1.58. The normalized spacial score (nSPS) is 14.5. The van der Waals surface area contributed by atoms with Crippen LogP contribution in [0, 0.1) is 19.8 Å². The fourth-order valence-electron chi connectivity index (χ4n) is 2.53. The van der Waals surface area contributed by atoms with Gasteiger partial charge in [0.25, 0.3) is 0 Å². The largest absolute Gasteiger partial charge is 0.477 e. The molecule has 0 aliphatic heterocycles. The molecule has 0 unspecified atom stereocenters. The second kappa shape index (κ2) is 7.34. The number of anilines is 1. The van der Waals surface area contributed by atoms with Crippen LogP contribution in [0.5, 0.6) is 5.88 Å². The van der Waals surface area contributed by atoms with Crippen LogP contribution in [0.3, 0.4) is 0 Å². The highest BCUT2D eigenvalue weighted by Crippen LogP contribution is 2.29. The van der Waals surface area contributed by atoms with Crippen LogP contribution in [-0.4, -0.2) is 17.6 Å². The summed E-state index contributed by atoms with van der Waals surface area (Å²) in [6, 6.07) is 10.1. The topological polar surface area (TPSA) is 72.5 Å². The van der Waals surface area contributed by atoms with Gasteiger partial charge in [0.15, 0.2) is 5.96 Å². The predicted molar refractivity (Wildman–Crippen MR) is 97.3 cm³/mol. The molecule has 0 bridgehead atoms. The molecule has 1 fully saturated rings. The van der Waals surface area contributed by atoms with Crippen molar-refractivity contribution in [1.29, 1.82) is 0 Å². The van der Waals surface area contributed by atoms with Crippen LogP contribution in [0.15, 0.2) is 41.5 Å². The minimum atomic E-state index is 0.400. The average molecular weight is 324 g/mol. The van der Waals surface area contributed by atoms with Gasteiger partial charge in [-0.3, -0.25) is 0 Å². The molecular formula is C19H24N4O. The summed E-state index contributed by atoms with van der Waals surface area (Å²) in [7, 11) is 0. The van der Waals surface area contributed by atoms with E-state index in [0.717, 1.165) is 17.9 Å². The first-order valence-corrected chi connectivity index (χ1v) is 8.31. The van der Waals surface area contributed by atoms with Crippen LogP contribution in [0.4, 0.5) is 5.69 Å². The minimum absolute atomic E-state index is 0.400. The third kappa shape index (κ3) is 4.98. The van der Waals surface area contributed by atoms with E-state index in [1.54, 1.807) is 6.20 Å². The maximum Gasteiger partial charge on any atom is 0.213 e. The fourth-order valence-corrected chi connectivity index (χ4v) is 2.53. The number of aromatic nitrogens is 1. The molecule has 3 rings (SSSR count). The number of pyridine rings is 1. The average Bonchev–Trinajstić information content (AvgIpc) is 3.35. The van der Waals surface area contributed by atoms with E-state index in [1.165, 1.54) is 24.0 Å². The van der Waals surface area contributed by atoms with Crippen LogP contribution >= 0.6 is 0 Å². The molecule has 0 atom stereocenters. The number of nitrogens with zero attached hydrogens (tertiary/aromatic N) is 2. The first kappa shape index (κ1) is 16.3. The van der Waals surface area contributed by atoms with Crippen molar-refractivity contribution in [1.82, 2.24) is 4.98 Å². The number of nitrogens with one attached hydrogen (secondary N) is 1. The van der Waals surface area contributed by atoms with Crippen molar-refractivity contribution in [3.63, 3.8) is 0 Å². The van der Waals surface area contributed by atoms with Crippen LogP contribution in [0.25, 0.3) is 0 Å². The molecule has 24 heavy (non-hydrogen) atoms. The molecule has 1 aromatic carbocycles. The van der Waals surface area contributed by atoms with Crippen LogP contribution < -0.4 is 15.8 Å². The third-order valence-electron chi connectivity index (χ3n) is 3.89. The summed E-state index contributed by atoms with van der Waals surface area (Å²) in [5.74, 6) is 1.78. The van der Waals surface area contributed by atoms with E-state index in [0.29, 0.717) is 24.3 Å². The summed E-state index contributed by atoms with van der Waals surface area (Å²) < 4.78 is 5.69. The van der Waals surface area contributed by atoms with Gasteiger partial charge in [0.1, 0.15) is 0 Å².